The first kappa shape index (κ1) is 14.0. The summed E-state index contributed by atoms with van der Waals surface area (Å²) in [5.74, 6) is 0. The largest absolute Gasteiger partial charge is 0.383 e. The Morgan fingerprint density at radius 2 is 1.80 bits per heavy atom. The fraction of sp³-hybridized carbons (Fsp3) is 0.250. The van der Waals surface area contributed by atoms with E-state index in [1.807, 2.05) is 0 Å². The molecule has 7 heteroatoms. The highest BCUT2D eigenvalue weighted by Gasteiger charge is 2.15. The molecule has 0 atom stereocenters. The molecule has 3 N–H and O–H groups in total. The number of nitrogens with zero attached hydrogens (tertiary/aromatic N) is 1. The molecule has 5 nitrogen and oxygen atoms in total. The van der Waals surface area contributed by atoms with E-state index < -0.39 is 4.92 Å². The predicted molar refractivity (Wildman–Crippen MR) is 62.8 cm³/mol. The van der Waals surface area contributed by atoms with Gasteiger partial charge in [-0.3, -0.25) is 10.1 Å². The van der Waals surface area contributed by atoms with Gasteiger partial charge in [-0.2, -0.15) is 0 Å². The lowest BCUT2D eigenvalue weighted by atomic mass is 10.2. The maximum Gasteiger partial charge on any atom is 0.293 e. The number of hydrogen-bond acceptors (Lipinski definition) is 4. The molecule has 84 valence electrons. The Hall–Kier alpha value is -1.04. The van der Waals surface area contributed by atoms with Crippen LogP contribution in [-0.4, -0.2) is 19.0 Å². The molecule has 1 aromatic rings. The predicted octanol–water partition coefficient (Wildman–Crippen LogP) is 2.52. The van der Waals surface area contributed by atoms with Crippen molar-refractivity contribution in [2.24, 2.45) is 5.73 Å². The summed E-state index contributed by atoms with van der Waals surface area (Å²) in [6.45, 7) is 0. The van der Waals surface area contributed by atoms with Gasteiger partial charge in [0.15, 0.2) is 0 Å². The van der Waals surface area contributed by atoms with Crippen LogP contribution in [0.5, 0.6) is 0 Å². The van der Waals surface area contributed by atoms with Crippen molar-refractivity contribution in [3.8, 4) is 0 Å². The Morgan fingerprint density at radius 3 is 2.20 bits per heavy atom. The second-order valence-corrected chi connectivity index (χ2v) is 3.10. The summed E-state index contributed by atoms with van der Waals surface area (Å²) in [7, 11) is 3.08. The highest BCUT2D eigenvalue weighted by molar-refractivity contribution is 6.42. The topological polar surface area (TPSA) is 81.2 Å². The van der Waals surface area contributed by atoms with Gasteiger partial charge in [0.1, 0.15) is 5.69 Å². The van der Waals surface area contributed by atoms with Gasteiger partial charge in [-0.05, 0) is 13.1 Å². The van der Waals surface area contributed by atoms with Gasteiger partial charge in [-0.1, -0.05) is 23.2 Å². The number of halogens is 2. The van der Waals surface area contributed by atoms with Gasteiger partial charge in [0.2, 0.25) is 0 Å². The van der Waals surface area contributed by atoms with E-state index in [-0.39, 0.29) is 15.7 Å². The molecule has 0 fully saturated rings. The summed E-state index contributed by atoms with van der Waals surface area (Å²) in [6.07, 6.45) is 0. The maximum absolute atomic E-state index is 10.5. The van der Waals surface area contributed by atoms with E-state index in [1.165, 1.54) is 19.2 Å². The molecular formula is C8H11Cl2N3O2. The van der Waals surface area contributed by atoms with E-state index in [4.69, 9.17) is 23.2 Å². The van der Waals surface area contributed by atoms with Crippen LogP contribution in [0.15, 0.2) is 12.1 Å². The van der Waals surface area contributed by atoms with E-state index in [0.29, 0.717) is 5.69 Å². The molecule has 0 aliphatic heterocycles. The van der Waals surface area contributed by atoms with E-state index >= 15 is 0 Å². The van der Waals surface area contributed by atoms with Gasteiger partial charge in [0.05, 0.1) is 15.0 Å². The van der Waals surface area contributed by atoms with Crippen LogP contribution in [-0.2, 0) is 0 Å². The zero-order valence-electron chi connectivity index (χ0n) is 8.25. The van der Waals surface area contributed by atoms with Crippen LogP contribution in [0.2, 0.25) is 10.0 Å². The first-order chi connectivity index (χ1) is 7.06. The van der Waals surface area contributed by atoms with Crippen LogP contribution in [0.1, 0.15) is 0 Å². The van der Waals surface area contributed by atoms with Crippen LogP contribution in [0.4, 0.5) is 11.4 Å². The van der Waals surface area contributed by atoms with E-state index in [0.717, 1.165) is 0 Å². The van der Waals surface area contributed by atoms with Crippen molar-refractivity contribution in [1.82, 2.24) is 0 Å². The van der Waals surface area contributed by atoms with E-state index in [2.05, 4.69) is 11.1 Å². The first-order valence-electron chi connectivity index (χ1n) is 3.95. The Kier molecular flexibility index (Phi) is 6.00. The normalized spacial score (nSPS) is 8.87. The number of nitro groups is 1. The molecule has 1 aromatic carbocycles. The molecule has 15 heavy (non-hydrogen) atoms. The number of anilines is 1. The molecule has 0 spiro atoms. The Morgan fingerprint density at radius 1 is 1.33 bits per heavy atom. The second-order valence-electron chi connectivity index (χ2n) is 2.29. The molecule has 0 aromatic heterocycles. The number of benzene rings is 1. The lowest BCUT2D eigenvalue weighted by Gasteiger charge is -2.03. The molecule has 0 aliphatic rings. The van der Waals surface area contributed by atoms with Crippen LogP contribution in [0, 0.1) is 10.1 Å². The molecule has 0 unspecified atom stereocenters. The first-order valence-corrected chi connectivity index (χ1v) is 4.70. The third-order valence-corrected chi connectivity index (χ3v) is 2.23. The Labute approximate surface area is 97.3 Å². The SMILES string of the molecule is CN.CNc1cc(Cl)c(Cl)cc1[N+](=O)[O-]. The quantitative estimate of drug-likeness (QED) is 0.625. The smallest absolute Gasteiger partial charge is 0.293 e. The zero-order chi connectivity index (χ0) is 12.0. The van der Waals surface area contributed by atoms with Crippen molar-refractivity contribution in [2.45, 2.75) is 0 Å². The molecule has 0 heterocycles. The van der Waals surface area contributed by atoms with Crippen LogP contribution in [0.25, 0.3) is 0 Å². The van der Waals surface area contributed by atoms with E-state index in [1.54, 1.807) is 7.05 Å². The summed E-state index contributed by atoms with van der Waals surface area (Å²) in [5.41, 5.74) is 4.76. The van der Waals surface area contributed by atoms with Gasteiger partial charge in [-0.15, -0.1) is 0 Å². The van der Waals surface area contributed by atoms with Crippen molar-refractivity contribution in [3.63, 3.8) is 0 Å². The van der Waals surface area contributed by atoms with Gasteiger partial charge >= 0.3 is 0 Å². The van der Waals surface area contributed by atoms with Crippen molar-refractivity contribution in [2.75, 3.05) is 19.4 Å². The van der Waals surface area contributed by atoms with Crippen molar-refractivity contribution in [3.05, 3.63) is 32.3 Å². The number of nitro benzene ring substituents is 1. The average molecular weight is 252 g/mol. The summed E-state index contributed by atoms with van der Waals surface area (Å²) in [6, 6.07) is 2.64. The molecule has 0 radical (unpaired) electrons. The summed E-state index contributed by atoms with van der Waals surface area (Å²) >= 11 is 11.3. The molecule has 0 aliphatic carbocycles. The van der Waals surface area contributed by atoms with Crippen LogP contribution < -0.4 is 11.1 Å². The maximum atomic E-state index is 10.5. The minimum atomic E-state index is -0.520. The Balaban J connectivity index is 0.000000921. The van der Waals surface area contributed by atoms with Crippen molar-refractivity contribution < 1.29 is 4.92 Å². The van der Waals surface area contributed by atoms with Gasteiger partial charge in [0.25, 0.3) is 5.69 Å². The molecule has 1 rings (SSSR count). The summed E-state index contributed by atoms with van der Waals surface area (Å²) in [4.78, 5) is 9.99. The highest BCUT2D eigenvalue weighted by atomic mass is 35.5. The molecule has 0 saturated carbocycles. The van der Waals surface area contributed by atoms with Crippen LogP contribution in [0.3, 0.4) is 0 Å². The molecular weight excluding hydrogens is 241 g/mol. The van der Waals surface area contributed by atoms with Crippen LogP contribution >= 0.6 is 23.2 Å². The minimum absolute atomic E-state index is 0.0862. The zero-order valence-corrected chi connectivity index (χ0v) is 9.76. The average Bonchev–Trinajstić information content (AvgIpc) is 2.24. The lowest BCUT2D eigenvalue weighted by molar-refractivity contribution is -0.383. The van der Waals surface area contributed by atoms with Gasteiger partial charge in [0, 0.05) is 13.1 Å². The van der Waals surface area contributed by atoms with Crippen molar-refractivity contribution in [1.29, 1.82) is 0 Å². The standard InChI is InChI=1S/C7H6Cl2N2O2.CH5N/c1-10-6-2-4(8)5(9)3-7(6)11(12)13;1-2/h2-3,10H,1H3;2H2,1H3. The molecule has 0 amide bonds. The lowest BCUT2D eigenvalue weighted by Crippen LogP contribution is -1.96. The summed E-state index contributed by atoms with van der Waals surface area (Å²) in [5, 5.41) is 13.6. The summed E-state index contributed by atoms with van der Waals surface area (Å²) < 4.78 is 0. The monoisotopic (exact) mass is 251 g/mol. The number of nitrogens with two attached hydrogens (primary N) is 1. The van der Waals surface area contributed by atoms with Gasteiger partial charge in [-0.25, -0.2) is 0 Å². The Bertz CT molecular complexity index is 358. The molecule has 0 bridgehead atoms. The highest BCUT2D eigenvalue weighted by Crippen LogP contribution is 2.33. The minimum Gasteiger partial charge on any atom is -0.383 e. The third kappa shape index (κ3) is 3.54. The number of rotatable bonds is 2. The van der Waals surface area contributed by atoms with Gasteiger partial charge < -0.3 is 11.1 Å². The third-order valence-electron chi connectivity index (χ3n) is 1.50. The fourth-order valence-electron chi connectivity index (χ4n) is 0.888. The number of hydrogen-bond donors (Lipinski definition) is 2. The second kappa shape index (κ2) is 6.44. The fourth-order valence-corrected chi connectivity index (χ4v) is 1.21. The van der Waals surface area contributed by atoms with Crippen molar-refractivity contribution >= 4 is 34.6 Å². The van der Waals surface area contributed by atoms with E-state index in [9.17, 15) is 10.1 Å². The number of nitrogens with one attached hydrogen (secondary N) is 1. The molecule has 0 saturated heterocycles.